The average molecular weight is 753 g/mol. The normalized spacial score (nSPS) is 20.2. The van der Waals surface area contributed by atoms with E-state index in [1.54, 1.807) is 13.1 Å². The van der Waals surface area contributed by atoms with Gasteiger partial charge in [0.25, 0.3) is 5.56 Å². The lowest BCUT2D eigenvalue weighted by atomic mass is 9.97. The van der Waals surface area contributed by atoms with Gasteiger partial charge in [-0.15, -0.1) is 0 Å². The van der Waals surface area contributed by atoms with E-state index < -0.39 is 60.6 Å². The van der Waals surface area contributed by atoms with E-state index in [4.69, 9.17) is 10.9 Å². The Morgan fingerprint density at radius 2 is 1.89 bits per heavy atom. The maximum atomic E-state index is 14.8. The van der Waals surface area contributed by atoms with Crippen molar-refractivity contribution in [1.29, 1.82) is 0 Å². The first-order chi connectivity index (χ1) is 20.7. The summed E-state index contributed by atoms with van der Waals surface area (Å²) in [6, 6.07) is 3.69. The third-order valence-electron chi connectivity index (χ3n) is 7.78. The number of aliphatic imine (C=N–C) groups is 1. The van der Waals surface area contributed by atoms with Crippen molar-refractivity contribution in [3.8, 4) is 0 Å². The Balaban J connectivity index is 1.77. The summed E-state index contributed by atoms with van der Waals surface area (Å²) in [6.45, 7) is 1.16. The van der Waals surface area contributed by atoms with E-state index in [0.29, 0.717) is 24.0 Å². The van der Waals surface area contributed by atoms with Crippen LogP contribution in [0.25, 0.3) is 10.8 Å². The predicted molar refractivity (Wildman–Crippen MR) is 167 cm³/mol. The van der Waals surface area contributed by atoms with Gasteiger partial charge in [0.1, 0.15) is 17.4 Å². The highest BCUT2D eigenvalue weighted by molar-refractivity contribution is 14.1. The summed E-state index contributed by atoms with van der Waals surface area (Å²) in [5, 5.41) is 10.9. The third-order valence-corrected chi connectivity index (χ3v) is 9.07. The lowest BCUT2D eigenvalue weighted by molar-refractivity contribution is 0.450. The number of fused-ring (bicyclic) bond motifs is 1. The quantitative estimate of drug-likeness (QED) is 0.0700. The van der Waals surface area contributed by atoms with Crippen molar-refractivity contribution >= 4 is 55.3 Å². The van der Waals surface area contributed by atoms with Gasteiger partial charge in [0.05, 0.1) is 29.0 Å². The molecule has 2 aromatic carbocycles. The lowest BCUT2D eigenvalue weighted by Crippen LogP contribution is -2.24. The van der Waals surface area contributed by atoms with Crippen LogP contribution in [0.1, 0.15) is 36.6 Å². The van der Waals surface area contributed by atoms with E-state index in [1.807, 2.05) is 6.92 Å². The summed E-state index contributed by atoms with van der Waals surface area (Å²) in [4.78, 5) is 15.9. The van der Waals surface area contributed by atoms with Gasteiger partial charge in [-0.1, -0.05) is 13.3 Å². The Labute approximate surface area is 263 Å². The molecule has 6 N–H and O–H groups in total. The summed E-state index contributed by atoms with van der Waals surface area (Å²) in [5.41, 5.74) is 5.49. The van der Waals surface area contributed by atoms with Gasteiger partial charge in [-0.25, -0.2) is 40.5 Å². The number of primary sulfonamides is 1. The van der Waals surface area contributed by atoms with E-state index in [2.05, 4.69) is 15.6 Å². The van der Waals surface area contributed by atoms with Crippen LogP contribution in [0.4, 0.5) is 27.6 Å². The van der Waals surface area contributed by atoms with Gasteiger partial charge in [-0.3, -0.25) is 4.79 Å². The molecule has 1 aromatic heterocycles. The lowest BCUT2D eigenvalue weighted by Gasteiger charge is -2.22. The van der Waals surface area contributed by atoms with Gasteiger partial charge in [0, 0.05) is 31.4 Å². The zero-order valence-corrected chi connectivity index (χ0v) is 26.5. The van der Waals surface area contributed by atoms with Gasteiger partial charge in [0.2, 0.25) is 14.3 Å². The fourth-order valence-corrected chi connectivity index (χ4v) is 6.62. The number of rotatable bonds is 12. The number of allylic oxidation sites excluding steroid dienone is 1. The van der Waals surface area contributed by atoms with Crippen molar-refractivity contribution in [2.24, 2.45) is 34.7 Å². The molecule has 0 aliphatic heterocycles. The van der Waals surface area contributed by atoms with Gasteiger partial charge in [0.15, 0.2) is 11.6 Å². The highest BCUT2D eigenvalue weighted by Gasteiger charge is 2.50. The molecule has 1 aliphatic carbocycles. The van der Waals surface area contributed by atoms with Crippen LogP contribution in [0.15, 0.2) is 56.9 Å². The number of sulfonamides is 1. The van der Waals surface area contributed by atoms with Crippen molar-refractivity contribution in [2.75, 3.05) is 18.5 Å². The number of nitrogens with one attached hydrogen (secondary N) is 2. The second-order valence-corrected chi connectivity index (χ2v) is 12.9. The number of halogens is 6. The fourth-order valence-electron chi connectivity index (χ4n) is 5.68. The van der Waals surface area contributed by atoms with Crippen LogP contribution in [-0.4, -0.2) is 36.7 Å². The molecule has 238 valence electrons. The molecule has 9 nitrogen and oxygen atoms in total. The van der Waals surface area contributed by atoms with E-state index in [-0.39, 0.29) is 34.1 Å². The molecular formula is C28H30F5IN6O3S. The van der Waals surface area contributed by atoms with Crippen LogP contribution < -0.4 is 27.1 Å². The number of pyridine rings is 1. The number of nitrogens with two attached hydrogens (primary N) is 2. The minimum Gasteiger partial charge on any atom is -0.403 e. The smallest absolute Gasteiger partial charge is 0.258 e. The fraction of sp³-hybridized carbons (Fsp3) is 0.357. The van der Waals surface area contributed by atoms with Crippen molar-refractivity contribution in [1.82, 2.24) is 9.88 Å². The maximum Gasteiger partial charge on any atom is 0.258 e. The molecule has 44 heavy (non-hydrogen) atoms. The van der Waals surface area contributed by atoms with Crippen LogP contribution in [-0.2, 0) is 17.1 Å². The number of alkyl halides is 3. The number of benzene rings is 2. The first-order valence-corrected chi connectivity index (χ1v) is 16.2. The predicted octanol–water partition coefficient (Wildman–Crippen LogP) is 4.61. The highest BCUT2D eigenvalue weighted by atomic mass is 127. The Morgan fingerprint density at radius 3 is 2.48 bits per heavy atom. The van der Waals surface area contributed by atoms with E-state index in [0.717, 1.165) is 24.6 Å². The largest absolute Gasteiger partial charge is 0.403 e. The van der Waals surface area contributed by atoms with Crippen molar-refractivity contribution in [2.45, 2.75) is 34.5 Å². The minimum absolute atomic E-state index is 0.0191. The van der Waals surface area contributed by atoms with Gasteiger partial charge in [-0.2, -0.15) is 0 Å². The summed E-state index contributed by atoms with van der Waals surface area (Å²) >= 11 is 1.50. The molecule has 0 bridgehead atoms. The number of anilines is 1. The SMILES string of the molecule is CC[C@@H]1C(c2cc3c(C(CF)Nc4ccc(F)c(F)c4S(N)(=O)=O)cc(F)cc3c(=O)n2C)[C@@H]1CNC(/C=N/C(F)I)=C/N. The topological polar surface area (TPSA) is 145 Å². The summed E-state index contributed by atoms with van der Waals surface area (Å²) in [5.74, 6) is -4.10. The summed E-state index contributed by atoms with van der Waals surface area (Å²) in [6.07, 6.45) is 3.28. The Morgan fingerprint density at radius 1 is 1.18 bits per heavy atom. The van der Waals surface area contributed by atoms with E-state index >= 15 is 0 Å². The maximum absolute atomic E-state index is 14.8. The van der Waals surface area contributed by atoms with Crippen molar-refractivity contribution in [3.63, 3.8) is 0 Å². The number of hydrogen-bond donors (Lipinski definition) is 4. The molecule has 1 aliphatic rings. The van der Waals surface area contributed by atoms with Crippen LogP contribution in [0, 0.1) is 29.3 Å². The van der Waals surface area contributed by atoms with Crippen LogP contribution >= 0.6 is 22.6 Å². The second kappa shape index (κ2) is 13.4. The molecule has 4 rings (SSSR count). The standard InChI is InChI=1S/C28H30F5IN6O3S/c1-3-15-19(12-37-14(10-35)11-38-28(33)34)24(15)23-8-16-17(6-13(30)7-18(16)27(41)40(23)2)22(9-29)39-21-5-4-20(31)25(32)26(21)44(36,42)43/h4-8,10-11,15,19,22,24,28,37,39H,3,9,12,35H2,1-2H3,(H2,36,42,43)/b14-10+,38-11+/t15-,19+,22?,24?,28?/m0/s1. The van der Waals surface area contributed by atoms with Gasteiger partial charge in [-0.05, 0) is 75.7 Å². The number of hydrogen-bond acceptors (Lipinski definition) is 7. The first kappa shape index (κ1) is 33.6. The van der Waals surface area contributed by atoms with E-state index in [9.17, 15) is 35.2 Å². The molecule has 1 saturated carbocycles. The molecule has 5 atom stereocenters. The Bertz CT molecular complexity index is 1800. The molecule has 0 spiro atoms. The average Bonchev–Trinajstić information content (AvgIpc) is 3.67. The number of aromatic nitrogens is 1. The summed E-state index contributed by atoms with van der Waals surface area (Å²) < 4.78 is 95.0. The van der Waals surface area contributed by atoms with Crippen LogP contribution in [0.2, 0.25) is 0 Å². The molecule has 0 saturated heterocycles. The van der Waals surface area contributed by atoms with Gasteiger partial charge >= 0.3 is 0 Å². The zero-order valence-electron chi connectivity index (χ0n) is 23.5. The third kappa shape index (κ3) is 6.86. The molecule has 0 radical (unpaired) electrons. The number of nitrogens with zero attached hydrogens (tertiary/aromatic N) is 2. The highest BCUT2D eigenvalue weighted by Crippen LogP contribution is 2.55. The Hall–Kier alpha value is -3.25. The molecule has 1 heterocycles. The Kier molecular flexibility index (Phi) is 10.2. The van der Waals surface area contributed by atoms with Crippen molar-refractivity contribution in [3.05, 3.63) is 81.3 Å². The van der Waals surface area contributed by atoms with Crippen LogP contribution in [0.3, 0.4) is 0 Å². The second-order valence-electron chi connectivity index (χ2n) is 10.3. The minimum atomic E-state index is -4.80. The molecular weight excluding hydrogens is 722 g/mol. The molecule has 16 heteroatoms. The molecule has 3 aromatic rings. The van der Waals surface area contributed by atoms with Crippen LogP contribution in [0.5, 0.6) is 0 Å². The molecule has 1 fully saturated rings. The monoisotopic (exact) mass is 752 g/mol. The van der Waals surface area contributed by atoms with E-state index in [1.165, 1.54) is 39.6 Å². The molecule has 0 amide bonds. The van der Waals surface area contributed by atoms with Crippen molar-refractivity contribution < 1.29 is 30.4 Å². The zero-order chi connectivity index (χ0) is 32.5. The molecule has 3 unspecified atom stereocenters. The first-order valence-electron chi connectivity index (χ1n) is 13.4. The summed E-state index contributed by atoms with van der Waals surface area (Å²) in [7, 11) is -3.26. The van der Waals surface area contributed by atoms with Gasteiger partial charge < -0.3 is 20.9 Å².